The Morgan fingerprint density at radius 3 is 2.39 bits per heavy atom. The van der Waals surface area contributed by atoms with Crippen molar-refractivity contribution in [3.63, 3.8) is 0 Å². The van der Waals surface area contributed by atoms with E-state index in [1.165, 1.54) is 58.2 Å². The van der Waals surface area contributed by atoms with Gasteiger partial charge < -0.3 is 5.32 Å². The van der Waals surface area contributed by atoms with Gasteiger partial charge in [0.2, 0.25) is 0 Å². The summed E-state index contributed by atoms with van der Waals surface area (Å²) in [5.41, 5.74) is 0.931. The highest BCUT2D eigenvalue weighted by Crippen LogP contribution is 2.39. The third-order valence-electron chi connectivity index (χ3n) is 5.48. The molecule has 2 fully saturated rings. The molecule has 2 nitrogen and oxygen atoms in total. The standard InChI is InChI=1S/C16H32N2/c1-5-14-11-17-16(4,6-2)13-18(14)12-15(3)9-7-8-10-15/h14,17H,5-13H2,1-4H3. The van der Waals surface area contributed by atoms with E-state index >= 15 is 0 Å². The van der Waals surface area contributed by atoms with Crippen LogP contribution in [0.1, 0.15) is 66.2 Å². The van der Waals surface area contributed by atoms with Crippen LogP contribution in [-0.4, -0.2) is 36.1 Å². The summed E-state index contributed by atoms with van der Waals surface area (Å²) in [7, 11) is 0. The van der Waals surface area contributed by atoms with Crippen molar-refractivity contribution in [1.29, 1.82) is 0 Å². The molecule has 0 radical (unpaired) electrons. The maximum atomic E-state index is 3.77. The average Bonchev–Trinajstić information content (AvgIpc) is 2.76. The van der Waals surface area contributed by atoms with Crippen molar-refractivity contribution < 1.29 is 0 Å². The fourth-order valence-electron chi connectivity index (χ4n) is 3.83. The van der Waals surface area contributed by atoms with Gasteiger partial charge in [-0.3, -0.25) is 4.90 Å². The summed E-state index contributed by atoms with van der Waals surface area (Å²) >= 11 is 0. The van der Waals surface area contributed by atoms with E-state index in [-0.39, 0.29) is 0 Å². The van der Waals surface area contributed by atoms with E-state index in [2.05, 4.69) is 37.9 Å². The molecule has 0 aromatic rings. The Balaban J connectivity index is 2.02. The highest BCUT2D eigenvalue weighted by molar-refractivity contribution is 4.96. The van der Waals surface area contributed by atoms with E-state index in [0.29, 0.717) is 11.0 Å². The molecule has 0 bridgehead atoms. The first-order valence-corrected chi connectivity index (χ1v) is 7.99. The summed E-state index contributed by atoms with van der Waals surface area (Å²) < 4.78 is 0. The van der Waals surface area contributed by atoms with E-state index in [4.69, 9.17) is 0 Å². The Morgan fingerprint density at radius 1 is 1.17 bits per heavy atom. The van der Waals surface area contributed by atoms with Crippen LogP contribution in [0.4, 0.5) is 0 Å². The van der Waals surface area contributed by atoms with Gasteiger partial charge in [0.25, 0.3) is 0 Å². The second-order valence-electron chi connectivity index (χ2n) is 7.28. The number of rotatable bonds is 4. The normalized spacial score (nSPS) is 37.0. The highest BCUT2D eigenvalue weighted by atomic mass is 15.3. The molecule has 1 saturated carbocycles. The topological polar surface area (TPSA) is 15.3 Å². The Kier molecular flexibility index (Phi) is 4.38. The fourth-order valence-corrected chi connectivity index (χ4v) is 3.83. The van der Waals surface area contributed by atoms with Crippen LogP contribution in [0.5, 0.6) is 0 Å². The molecule has 0 aromatic heterocycles. The van der Waals surface area contributed by atoms with Gasteiger partial charge in [-0.1, -0.05) is 33.6 Å². The van der Waals surface area contributed by atoms with Crippen LogP contribution < -0.4 is 5.32 Å². The smallest absolute Gasteiger partial charge is 0.0278 e. The van der Waals surface area contributed by atoms with Crippen molar-refractivity contribution in [3.8, 4) is 0 Å². The lowest BCUT2D eigenvalue weighted by Crippen LogP contribution is -2.63. The minimum atomic E-state index is 0.334. The Labute approximate surface area is 114 Å². The number of nitrogens with one attached hydrogen (secondary N) is 1. The van der Waals surface area contributed by atoms with Crippen molar-refractivity contribution in [2.75, 3.05) is 19.6 Å². The first-order valence-electron chi connectivity index (χ1n) is 7.99. The lowest BCUT2D eigenvalue weighted by atomic mass is 9.85. The maximum absolute atomic E-state index is 3.77. The Morgan fingerprint density at radius 2 is 1.83 bits per heavy atom. The molecule has 2 unspecified atom stereocenters. The summed E-state index contributed by atoms with van der Waals surface area (Å²) in [6, 6.07) is 0.752. The number of nitrogens with zero attached hydrogens (tertiary/aromatic N) is 1. The van der Waals surface area contributed by atoms with E-state index in [0.717, 1.165) is 6.04 Å². The van der Waals surface area contributed by atoms with Crippen LogP contribution in [0.3, 0.4) is 0 Å². The lowest BCUT2D eigenvalue weighted by molar-refractivity contribution is 0.0459. The average molecular weight is 252 g/mol. The van der Waals surface area contributed by atoms with Gasteiger partial charge in [0.1, 0.15) is 0 Å². The molecule has 1 N–H and O–H groups in total. The van der Waals surface area contributed by atoms with Crippen LogP contribution in [0.15, 0.2) is 0 Å². The van der Waals surface area contributed by atoms with Gasteiger partial charge in [0.05, 0.1) is 0 Å². The van der Waals surface area contributed by atoms with Gasteiger partial charge in [-0.05, 0) is 38.0 Å². The van der Waals surface area contributed by atoms with Gasteiger partial charge in [0, 0.05) is 31.2 Å². The zero-order chi connectivity index (χ0) is 13.2. The molecule has 0 aromatic carbocycles. The number of piperazine rings is 1. The third-order valence-corrected chi connectivity index (χ3v) is 5.48. The Hall–Kier alpha value is -0.0800. The predicted molar refractivity (Wildman–Crippen MR) is 78.9 cm³/mol. The monoisotopic (exact) mass is 252 g/mol. The summed E-state index contributed by atoms with van der Waals surface area (Å²) in [5, 5.41) is 3.77. The van der Waals surface area contributed by atoms with Crippen molar-refractivity contribution in [1.82, 2.24) is 10.2 Å². The molecule has 2 heteroatoms. The molecule has 2 rings (SSSR count). The zero-order valence-corrected chi connectivity index (χ0v) is 12.9. The quantitative estimate of drug-likeness (QED) is 0.825. The Bertz CT molecular complexity index is 270. The molecule has 0 amide bonds. The van der Waals surface area contributed by atoms with Gasteiger partial charge in [0.15, 0.2) is 0 Å². The summed E-state index contributed by atoms with van der Waals surface area (Å²) in [6.07, 6.45) is 8.29. The van der Waals surface area contributed by atoms with Gasteiger partial charge in [-0.2, -0.15) is 0 Å². The summed E-state index contributed by atoms with van der Waals surface area (Å²) in [6.45, 7) is 13.3. The predicted octanol–water partition coefficient (Wildman–Crippen LogP) is 3.42. The second kappa shape index (κ2) is 5.50. The number of hydrogen-bond donors (Lipinski definition) is 1. The fraction of sp³-hybridized carbons (Fsp3) is 1.00. The summed E-state index contributed by atoms with van der Waals surface area (Å²) in [5.74, 6) is 0. The molecule has 2 aliphatic rings. The minimum absolute atomic E-state index is 0.334. The lowest BCUT2D eigenvalue weighted by Gasteiger charge is -2.48. The van der Waals surface area contributed by atoms with Gasteiger partial charge >= 0.3 is 0 Å². The van der Waals surface area contributed by atoms with E-state index in [1.54, 1.807) is 0 Å². The van der Waals surface area contributed by atoms with Crippen LogP contribution in [0.2, 0.25) is 0 Å². The molecule has 1 aliphatic carbocycles. The molecule has 106 valence electrons. The highest BCUT2D eigenvalue weighted by Gasteiger charge is 2.38. The van der Waals surface area contributed by atoms with Crippen molar-refractivity contribution in [2.45, 2.75) is 77.8 Å². The van der Waals surface area contributed by atoms with Crippen LogP contribution >= 0.6 is 0 Å². The van der Waals surface area contributed by atoms with Gasteiger partial charge in [-0.15, -0.1) is 0 Å². The molecule has 1 saturated heterocycles. The molecule has 1 heterocycles. The van der Waals surface area contributed by atoms with E-state index in [1.807, 2.05) is 0 Å². The van der Waals surface area contributed by atoms with Crippen molar-refractivity contribution in [3.05, 3.63) is 0 Å². The van der Waals surface area contributed by atoms with E-state index < -0.39 is 0 Å². The molecule has 0 spiro atoms. The molecular formula is C16H32N2. The van der Waals surface area contributed by atoms with Crippen LogP contribution in [-0.2, 0) is 0 Å². The maximum Gasteiger partial charge on any atom is 0.0278 e. The second-order valence-corrected chi connectivity index (χ2v) is 7.28. The number of hydrogen-bond acceptors (Lipinski definition) is 2. The van der Waals surface area contributed by atoms with Crippen molar-refractivity contribution in [2.24, 2.45) is 5.41 Å². The SMILES string of the molecule is CCC1CNC(C)(CC)CN1CC1(C)CCCC1. The third kappa shape index (κ3) is 3.08. The van der Waals surface area contributed by atoms with E-state index in [9.17, 15) is 0 Å². The first kappa shape index (κ1) is 14.3. The molecular weight excluding hydrogens is 220 g/mol. The summed E-state index contributed by atoms with van der Waals surface area (Å²) in [4.78, 5) is 2.80. The van der Waals surface area contributed by atoms with Gasteiger partial charge in [-0.25, -0.2) is 0 Å². The molecule has 1 aliphatic heterocycles. The minimum Gasteiger partial charge on any atom is -0.309 e. The largest absolute Gasteiger partial charge is 0.309 e. The first-order chi connectivity index (χ1) is 8.50. The molecule has 2 atom stereocenters. The van der Waals surface area contributed by atoms with Crippen LogP contribution in [0.25, 0.3) is 0 Å². The van der Waals surface area contributed by atoms with Crippen molar-refractivity contribution >= 4 is 0 Å². The molecule has 18 heavy (non-hydrogen) atoms. The zero-order valence-electron chi connectivity index (χ0n) is 12.9. The van der Waals surface area contributed by atoms with Crippen LogP contribution in [0, 0.1) is 5.41 Å².